The van der Waals surface area contributed by atoms with E-state index in [1.165, 1.54) is 42.5 Å². The average Bonchev–Trinajstić information content (AvgIpc) is 3.26. The second-order valence-electron chi connectivity index (χ2n) is 15.7. The van der Waals surface area contributed by atoms with Crippen LogP contribution in [-0.4, -0.2) is 97.7 Å². The van der Waals surface area contributed by atoms with Gasteiger partial charge in [-0.3, -0.25) is 39.5 Å². The molecule has 62 heavy (non-hydrogen) atoms. The van der Waals surface area contributed by atoms with E-state index in [-0.39, 0.29) is 41.2 Å². The third-order valence-electron chi connectivity index (χ3n) is 11.2. The van der Waals surface area contributed by atoms with Crippen molar-refractivity contribution in [2.45, 2.75) is 39.0 Å². The summed E-state index contributed by atoms with van der Waals surface area (Å²) in [6.45, 7) is 9.64. The Hall–Kier alpha value is -6.90. The molecule has 2 atom stereocenters. The van der Waals surface area contributed by atoms with Crippen molar-refractivity contribution in [3.05, 3.63) is 166 Å². The van der Waals surface area contributed by atoms with Gasteiger partial charge in [-0.25, -0.2) is 8.78 Å². The number of rotatable bonds is 9. The van der Waals surface area contributed by atoms with E-state index in [2.05, 4.69) is 26.7 Å². The van der Waals surface area contributed by atoms with Gasteiger partial charge in [0.1, 0.15) is 11.6 Å². The molecule has 0 unspecified atom stereocenters. The Morgan fingerprint density at radius 3 is 1.61 bits per heavy atom. The Bertz CT molecular complexity index is 2620. The fourth-order valence-electron chi connectivity index (χ4n) is 7.93. The van der Waals surface area contributed by atoms with Crippen LogP contribution in [0.25, 0.3) is 34.0 Å². The number of hydrogen-bond acceptors (Lipinski definition) is 9. The number of halogens is 2. The highest BCUT2D eigenvalue weighted by atomic mass is 19.1. The number of pyridine rings is 2. The summed E-state index contributed by atoms with van der Waals surface area (Å²) >= 11 is 0. The molecule has 2 N–H and O–H groups in total. The first kappa shape index (κ1) is 43.2. The molecule has 2 aliphatic heterocycles. The van der Waals surface area contributed by atoms with Crippen LogP contribution in [-0.2, 0) is 22.7 Å². The van der Waals surface area contributed by atoms with E-state index in [4.69, 9.17) is 5.73 Å². The molecule has 2 aromatic heterocycles. The molecule has 4 aromatic carbocycles. The van der Waals surface area contributed by atoms with Crippen LogP contribution in [0.4, 0.5) is 20.2 Å². The molecule has 0 saturated carbocycles. The molecule has 0 radical (unpaired) electrons. The first-order valence-electron chi connectivity index (χ1n) is 20.5. The SMILES string of the molecule is C[C@@H]1CN(Cc2ccc(F)cc2)CCN1C(=O)/C=C/c1cc2cccnc2cc1N.C[C@@H]1CN(Cc2ccc(F)cc2)CCN1C(=O)/C=C/c1cc2cccnc2cc1[N+](=O)[O-]. The molecule has 8 rings (SSSR count). The summed E-state index contributed by atoms with van der Waals surface area (Å²) in [6.07, 6.45) is 9.60. The van der Waals surface area contributed by atoms with Gasteiger partial charge in [-0.15, -0.1) is 0 Å². The minimum atomic E-state index is -0.463. The van der Waals surface area contributed by atoms with Gasteiger partial charge in [0, 0.05) is 112 Å². The highest BCUT2D eigenvalue weighted by Gasteiger charge is 2.28. The molecule has 318 valence electrons. The molecule has 2 fully saturated rings. The lowest BCUT2D eigenvalue weighted by molar-refractivity contribution is -0.385. The van der Waals surface area contributed by atoms with Crippen molar-refractivity contribution in [3.63, 3.8) is 0 Å². The average molecular weight is 839 g/mol. The smallest absolute Gasteiger partial charge is 0.278 e. The number of hydrogen-bond donors (Lipinski definition) is 1. The largest absolute Gasteiger partial charge is 0.398 e. The number of nitrogens with two attached hydrogens (primary N) is 1. The van der Waals surface area contributed by atoms with Crippen molar-refractivity contribution in [2.24, 2.45) is 0 Å². The Morgan fingerprint density at radius 2 is 1.15 bits per heavy atom. The van der Waals surface area contributed by atoms with Gasteiger partial charge < -0.3 is 15.5 Å². The summed E-state index contributed by atoms with van der Waals surface area (Å²) in [5.41, 5.74) is 11.3. The molecule has 0 bridgehead atoms. The summed E-state index contributed by atoms with van der Waals surface area (Å²) in [7, 11) is 0. The molecule has 0 spiro atoms. The first-order chi connectivity index (χ1) is 29.9. The van der Waals surface area contributed by atoms with Gasteiger partial charge in [0.2, 0.25) is 11.8 Å². The molecule has 2 amide bonds. The molecule has 6 aromatic rings. The van der Waals surface area contributed by atoms with Crippen LogP contribution in [0.5, 0.6) is 0 Å². The molecule has 4 heterocycles. The number of nitro benzene ring substituents is 1. The summed E-state index contributed by atoms with van der Waals surface area (Å²) in [5, 5.41) is 13.2. The number of anilines is 1. The second kappa shape index (κ2) is 19.7. The number of piperazine rings is 2. The predicted octanol–water partition coefficient (Wildman–Crippen LogP) is 7.73. The Kier molecular flexibility index (Phi) is 13.7. The molecule has 2 saturated heterocycles. The van der Waals surface area contributed by atoms with Crippen LogP contribution in [0.3, 0.4) is 0 Å². The van der Waals surface area contributed by atoms with Crippen molar-refractivity contribution in [1.29, 1.82) is 0 Å². The third-order valence-corrected chi connectivity index (χ3v) is 11.2. The normalized spacial score (nSPS) is 17.4. The topological polar surface area (TPSA) is 142 Å². The lowest BCUT2D eigenvalue weighted by Crippen LogP contribution is -2.53. The number of fused-ring (bicyclic) bond motifs is 2. The van der Waals surface area contributed by atoms with Crippen LogP contribution in [0.15, 0.2) is 122 Å². The lowest BCUT2D eigenvalue weighted by atomic mass is 10.1. The van der Waals surface area contributed by atoms with Crippen molar-refractivity contribution in [3.8, 4) is 0 Å². The predicted molar refractivity (Wildman–Crippen MR) is 238 cm³/mol. The number of nitrogens with zero attached hydrogens (tertiary/aromatic N) is 7. The molecule has 2 aliphatic rings. The van der Waals surface area contributed by atoms with Crippen molar-refractivity contribution in [2.75, 3.05) is 45.0 Å². The number of benzene rings is 4. The van der Waals surface area contributed by atoms with Crippen LogP contribution in [0, 0.1) is 21.7 Å². The summed E-state index contributed by atoms with van der Waals surface area (Å²) in [5.74, 6) is -0.681. The van der Waals surface area contributed by atoms with Crippen molar-refractivity contribution < 1.29 is 23.3 Å². The fourth-order valence-corrected chi connectivity index (χ4v) is 7.93. The zero-order valence-electron chi connectivity index (χ0n) is 34.6. The Balaban J connectivity index is 0.000000187. The van der Waals surface area contributed by atoms with E-state index in [9.17, 15) is 28.5 Å². The van der Waals surface area contributed by atoms with E-state index in [0.29, 0.717) is 49.5 Å². The van der Waals surface area contributed by atoms with E-state index < -0.39 is 4.92 Å². The Morgan fingerprint density at radius 1 is 0.694 bits per heavy atom. The number of carbonyl (C=O) groups excluding carboxylic acids is 2. The monoisotopic (exact) mass is 838 g/mol. The van der Waals surface area contributed by atoms with Gasteiger partial charge in [-0.05, 0) is 97.3 Å². The van der Waals surface area contributed by atoms with E-state index >= 15 is 0 Å². The van der Waals surface area contributed by atoms with Crippen molar-refractivity contribution in [1.82, 2.24) is 29.6 Å². The second-order valence-corrected chi connectivity index (χ2v) is 15.7. The van der Waals surface area contributed by atoms with Gasteiger partial charge in [0.05, 0.1) is 21.5 Å². The van der Waals surface area contributed by atoms with E-state index in [0.717, 1.165) is 52.6 Å². The quantitative estimate of drug-likeness (QED) is 0.0670. The first-order valence-corrected chi connectivity index (χ1v) is 20.5. The maximum absolute atomic E-state index is 13.1. The van der Waals surface area contributed by atoms with Crippen molar-refractivity contribution >= 4 is 57.1 Å². The fraction of sp³-hybridized carbons (Fsp3) is 0.250. The molecule has 14 heteroatoms. The number of nitrogen functional groups attached to an aromatic ring is 1. The molecular weight excluding hydrogens is 791 g/mol. The molecule has 0 aliphatic carbocycles. The molecular formula is C48H48F2N8O4. The summed E-state index contributed by atoms with van der Waals surface area (Å²) in [4.78, 5) is 53.3. The van der Waals surface area contributed by atoms with E-state index in [1.807, 2.05) is 54.3 Å². The Labute approximate surface area is 358 Å². The van der Waals surface area contributed by atoms with Crippen LogP contribution >= 0.6 is 0 Å². The third kappa shape index (κ3) is 10.9. The minimum Gasteiger partial charge on any atom is -0.398 e. The van der Waals surface area contributed by atoms with E-state index in [1.54, 1.807) is 53.7 Å². The van der Waals surface area contributed by atoms with Crippen LogP contribution < -0.4 is 5.73 Å². The highest BCUT2D eigenvalue weighted by Crippen LogP contribution is 2.27. The zero-order valence-corrected chi connectivity index (χ0v) is 34.6. The van der Waals surface area contributed by atoms with Gasteiger partial charge in [0.15, 0.2) is 0 Å². The van der Waals surface area contributed by atoms with Gasteiger partial charge in [-0.1, -0.05) is 36.4 Å². The van der Waals surface area contributed by atoms with Gasteiger partial charge in [-0.2, -0.15) is 0 Å². The number of amides is 2. The minimum absolute atomic E-state index is 0.0165. The lowest BCUT2D eigenvalue weighted by Gasteiger charge is -2.39. The number of aromatic nitrogens is 2. The molecule has 12 nitrogen and oxygen atoms in total. The standard InChI is InChI=1S/C24H23FN4O3.C24H25FN4O/c1-17-15-27(16-18-4-7-21(25)8-5-18)11-12-28(17)24(30)9-6-20-13-19-3-2-10-26-22(19)14-23(20)29(31)32;1-17-15-28(16-18-4-7-21(25)8-5-18)11-12-29(17)24(30)9-6-19-13-20-3-2-10-27-23(20)14-22(19)26/h2-10,13-14,17H,11-12,15-16H2,1H3;2-10,13-14,17H,11-12,15-16,26H2,1H3/b2*9-6+/t2*17-/m11/s1. The number of nitro groups is 1. The van der Waals surface area contributed by atoms with Gasteiger partial charge in [0.25, 0.3) is 5.69 Å². The van der Waals surface area contributed by atoms with Crippen LogP contribution in [0.2, 0.25) is 0 Å². The maximum Gasteiger partial charge on any atom is 0.278 e. The summed E-state index contributed by atoms with van der Waals surface area (Å²) in [6, 6.07) is 27.4. The highest BCUT2D eigenvalue weighted by molar-refractivity contribution is 5.95. The summed E-state index contributed by atoms with van der Waals surface area (Å²) < 4.78 is 26.2. The zero-order chi connectivity index (χ0) is 43.8. The van der Waals surface area contributed by atoms with Crippen LogP contribution in [0.1, 0.15) is 36.1 Å². The number of carbonyl (C=O) groups is 2. The maximum atomic E-state index is 13.1. The van der Waals surface area contributed by atoms with Gasteiger partial charge >= 0.3 is 0 Å².